The van der Waals surface area contributed by atoms with Crippen molar-refractivity contribution in [3.63, 3.8) is 0 Å². The van der Waals surface area contributed by atoms with E-state index in [9.17, 15) is 18.7 Å². The van der Waals surface area contributed by atoms with Crippen LogP contribution < -0.4 is 4.90 Å². The minimum absolute atomic E-state index is 0.0779. The van der Waals surface area contributed by atoms with E-state index in [0.29, 0.717) is 28.2 Å². The Kier molecular flexibility index (Phi) is 3.38. The zero-order valence-corrected chi connectivity index (χ0v) is 14.4. The van der Waals surface area contributed by atoms with Gasteiger partial charge in [0.05, 0.1) is 23.0 Å². The fourth-order valence-corrected chi connectivity index (χ4v) is 3.77. The molecule has 1 atom stereocenters. The zero-order chi connectivity index (χ0) is 19.5. The number of aromatic amines is 1. The smallest absolute Gasteiger partial charge is 0.261 e. The van der Waals surface area contributed by atoms with Crippen molar-refractivity contribution in [1.29, 1.82) is 0 Å². The lowest BCUT2D eigenvalue weighted by atomic mass is 9.93. The van der Waals surface area contributed by atoms with Crippen LogP contribution in [0.25, 0.3) is 11.0 Å². The molecule has 0 spiro atoms. The molecule has 1 unspecified atom stereocenters. The van der Waals surface area contributed by atoms with Crippen LogP contribution in [0.3, 0.4) is 0 Å². The van der Waals surface area contributed by atoms with Crippen LogP contribution in [0.4, 0.5) is 14.5 Å². The van der Waals surface area contributed by atoms with Crippen LogP contribution in [0.1, 0.15) is 21.5 Å². The molecule has 4 aromatic rings. The van der Waals surface area contributed by atoms with E-state index < -0.39 is 23.3 Å². The summed E-state index contributed by atoms with van der Waals surface area (Å²) in [7, 11) is 0. The summed E-state index contributed by atoms with van der Waals surface area (Å²) < 4.78 is 27.8. The third-order valence-corrected chi connectivity index (χ3v) is 4.99. The van der Waals surface area contributed by atoms with Crippen LogP contribution >= 0.6 is 0 Å². The van der Waals surface area contributed by atoms with Crippen molar-refractivity contribution >= 4 is 22.6 Å². The van der Waals surface area contributed by atoms with Crippen molar-refractivity contribution in [2.24, 2.45) is 0 Å². The van der Waals surface area contributed by atoms with Gasteiger partial charge in [-0.25, -0.2) is 13.8 Å². The number of amides is 1. The van der Waals surface area contributed by atoms with Crippen LogP contribution in [-0.4, -0.2) is 21.0 Å². The number of hydrogen-bond donors (Lipinski definition) is 2. The van der Waals surface area contributed by atoms with Crippen molar-refractivity contribution in [3.8, 4) is 0 Å². The van der Waals surface area contributed by atoms with Crippen LogP contribution in [0.15, 0.2) is 67.0 Å². The normalized spacial score (nSPS) is 18.7. The molecule has 1 aromatic heterocycles. The average molecular weight is 377 g/mol. The number of hydrogen-bond acceptors (Lipinski definition) is 3. The minimum atomic E-state index is -1.94. The largest absolute Gasteiger partial charge is 0.363 e. The Morgan fingerprint density at radius 2 is 1.75 bits per heavy atom. The van der Waals surface area contributed by atoms with Gasteiger partial charge in [0.2, 0.25) is 0 Å². The molecule has 1 aliphatic heterocycles. The molecule has 1 amide bonds. The van der Waals surface area contributed by atoms with Gasteiger partial charge >= 0.3 is 0 Å². The number of carbonyl (C=O) groups excluding carboxylic acids is 1. The number of nitrogens with zero attached hydrogens (tertiary/aromatic N) is 2. The second-order valence-corrected chi connectivity index (χ2v) is 6.62. The number of halogens is 2. The number of nitrogens with one attached hydrogen (secondary N) is 1. The molecule has 2 N–H and O–H groups in total. The predicted molar refractivity (Wildman–Crippen MR) is 98.7 cm³/mol. The molecule has 0 saturated heterocycles. The summed E-state index contributed by atoms with van der Waals surface area (Å²) in [6.45, 7) is 0. The predicted octanol–water partition coefficient (Wildman–Crippen LogP) is 3.69. The van der Waals surface area contributed by atoms with Gasteiger partial charge in [-0.1, -0.05) is 24.3 Å². The van der Waals surface area contributed by atoms with Gasteiger partial charge in [-0.05, 0) is 30.3 Å². The van der Waals surface area contributed by atoms with E-state index in [0.717, 1.165) is 17.0 Å². The fraction of sp³-hybridized carbons (Fsp3) is 0.0476. The van der Waals surface area contributed by atoms with E-state index in [1.54, 1.807) is 42.5 Å². The van der Waals surface area contributed by atoms with Gasteiger partial charge in [-0.2, -0.15) is 0 Å². The summed E-state index contributed by atoms with van der Waals surface area (Å²) in [5.41, 5.74) is 0.301. The highest BCUT2D eigenvalue weighted by molar-refractivity contribution is 6.12. The van der Waals surface area contributed by atoms with Crippen LogP contribution in [-0.2, 0) is 5.72 Å². The molecule has 0 bridgehead atoms. The number of benzene rings is 3. The second kappa shape index (κ2) is 5.71. The number of H-pyrrole nitrogens is 1. The zero-order valence-electron chi connectivity index (χ0n) is 14.4. The molecule has 1 aliphatic rings. The third-order valence-electron chi connectivity index (χ3n) is 4.99. The SMILES string of the molecule is O=C1c2ccccc2C(O)(c2ccc3nc[nH]c3c2)N1c1cc(F)cc(F)c1. The molecule has 5 rings (SSSR count). The molecule has 7 heteroatoms. The maximum Gasteiger partial charge on any atom is 0.261 e. The highest BCUT2D eigenvalue weighted by Crippen LogP contribution is 2.45. The maximum absolute atomic E-state index is 13.9. The number of aliphatic hydroxyl groups is 1. The average Bonchev–Trinajstić information content (AvgIpc) is 3.23. The lowest BCUT2D eigenvalue weighted by Crippen LogP contribution is -2.45. The van der Waals surface area contributed by atoms with Crippen molar-refractivity contribution in [1.82, 2.24) is 9.97 Å². The van der Waals surface area contributed by atoms with Crippen LogP contribution in [0, 0.1) is 11.6 Å². The molecule has 2 heterocycles. The van der Waals surface area contributed by atoms with Crippen LogP contribution in [0.5, 0.6) is 0 Å². The summed E-state index contributed by atoms with van der Waals surface area (Å²) in [5, 5.41) is 11.8. The first-order valence-corrected chi connectivity index (χ1v) is 8.54. The van der Waals surface area contributed by atoms with Crippen molar-refractivity contribution in [2.45, 2.75) is 5.72 Å². The van der Waals surface area contributed by atoms with Gasteiger partial charge in [0.25, 0.3) is 5.91 Å². The molecule has 0 aliphatic carbocycles. The van der Waals surface area contributed by atoms with E-state index in [1.807, 2.05) is 0 Å². The monoisotopic (exact) mass is 377 g/mol. The van der Waals surface area contributed by atoms with E-state index in [4.69, 9.17) is 0 Å². The Balaban J connectivity index is 1.80. The molecule has 3 aromatic carbocycles. The van der Waals surface area contributed by atoms with Gasteiger partial charge in [-0.3, -0.25) is 9.69 Å². The first-order chi connectivity index (χ1) is 13.5. The highest BCUT2D eigenvalue weighted by Gasteiger charge is 2.50. The second-order valence-electron chi connectivity index (χ2n) is 6.62. The molecule has 5 nitrogen and oxygen atoms in total. The Morgan fingerprint density at radius 1 is 1.00 bits per heavy atom. The molecule has 0 fully saturated rings. The van der Waals surface area contributed by atoms with Crippen molar-refractivity contribution < 1.29 is 18.7 Å². The molecular weight excluding hydrogens is 364 g/mol. The van der Waals surface area contributed by atoms with E-state index >= 15 is 0 Å². The summed E-state index contributed by atoms with van der Waals surface area (Å²) in [5.74, 6) is -2.23. The lowest BCUT2D eigenvalue weighted by molar-refractivity contribution is 0.0703. The summed E-state index contributed by atoms with van der Waals surface area (Å²) >= 11 is 0. The highest BCUT2D eigenvalue weighted by atomic mass is 19.1. The number of aromatic nitrogens is 2. The van der Waals surface area contributed by atoms with E-state index in [-0.39, 0.29) is 11.3 Å². The maximum atomic E-state index is 13.9. The third kappa shape index (κ3) is 2.20. The van der Waals surface area contributed by atoms with Crippen molar-refractivity contribution in [3.05, 3.63) is 95.3 Å². The van der Waals surface area contributed by atoms with Crippen molar-refractivity contribution in [2.75, 3.05) is 4.90 Å². The summed E-state index contributed by atoms with van der Waals surface area (Å²) in [4.78, 5) is 21.3. The number of rotatable bonds is 2. The minimum Gasteiger partial charge on any atom is -0.363 e. The molecule has 0 radical (unpaired) electrons. The number of imidazole rings is 1. The number of carbonyl (C=O) groups is 1. The summed E-state index contributed by atoms with van der Waals surface area (Å²) in [6.07, 6.45) is 1.52. The fourth-order valence-electron chi connectivity index (χ4n) is 3.77. The van der Waals surface area contributed by atoms with Gasteiger partial charge in [0.1, 0.15) is 11.6 Å². The Bertz CT molecular complexity index is 1230. The Hall–Kier alpha value is -3.58. The Labute approximate surface area is 157 Å². The first kappa shape index (κ1) is 16.6. The quantitative estimate of drug-likeness (QED) is 0.560. The number of anilines is 1. The Morgan fingerprint density at radius 3 is 2.54 bits per heavy atom. The topological polar surface area (TPSA) is 69.2 Å². The van der Waals surface area contributed by atoms with Gasteiger partial charge < -0.3 is 10.1 Å². The molecular formula is C21H13F2N3O2. The summed E-state index contributed by atoms with van der Waals surface area (Å²) in [6, 6.07) is 14.3. The first-order valence-electron chi connectivity index (χ1n) is 8.54. The molecule has 138 valence electrons. The lowest BCUT2D eigenvalue weighted by Gasteiger charge is -2.35. The van der Waals surface area contributed by atoms with E-state index in [2.05, 4.69) is 9.97 Å². The van der Waals surface area contributed by atoms with Gasteiger partial charge in [0, 0.05) is 22.8 Å². The molecule has 28 heavy (non-hydrogen) atoms. The van der Waals surface area contributed by atoms with E-state index in [1.165, 1.54) is 6.33 Å². The van der Waals surface area contributed by atoms with Gasteiger partial charge in [0.15, 0.2) is 5.72 Å². The standard InChI is InChI=1S/C21H13F2N3O2/c22-13-8-14(23)10-15(9-13)26-20(27)16-3-1-2-4-17(16)21(26,28)12-5-6-18-19(7-12)25-11-24-18/h1-11,28H,(H,24,25). The molecule has 0 saturated carbocycles. The van der Waals surface area contributed by atoms with Gasteiger partial charge in [-0.15, -0.1) is 0 Å². The van der Waals surface area contributed by atoms with Crippen LogP contribution in [0.2, 0.25) is 0 Å². The number of fused-ring (bicyclic) bond motifs is 2.